The van der Waals surface area contributed by atoms with E-state index >= 15 is 0 Å². The molecule has 0 amide bonds. The lowest BCUT2D eigenvalue weighted by Crippen LogP contribution is -2.28. The molecule has 4 aromatic rings. The number of rotatable bonds is 10. The Hall–Kier alpha value is -2.86. The summed E-state index contributed by atoms with van der Waals surface area (Å²) in [5.41, 5.74) is 13.3. The van der Waals surface area contributed by atoms with Crippen molar-refractivity contribution in [2.24, 2.45) is 0 Å². The molecule has 2 saturated heterocycles. The molecule has 1 unspecified atom stereocenters. The van der Waals surface area contributed by atoms with Crippen LogP contribution in [-0.2, 0) is 39.4 Å². The molecule has 6 rings (SSSR count). The largest absolute Gasteiger partial charge is 0.382 e. The highest BCUT2D eigenvalue weighted by molar-refractivity contribution is 8.07. The molecule has 218 valence electrons. The highest BCUT2D eigenvalue weighted by atomic mass is 32.5. The number of nitrogen functional groups attached to an aromatic ring is 2. The van der Waals surface area contributed by atoms with E-state index in [1.54, 1.807) is 9.13 Å². The minimum absolute atomic E-state index is 0.0164. The lowest BCUT2D eigenvalue weighted by molar-refractivity contribution is -0.0422. The van der Waals surface area contributed by atoms with Crippen LogP contribution in [0.4, 0.5) is 16.0 Å². The van der Waals surface area contributed by atoms with Crippen molar-refractivity contribution in [3.05, 3.63) is 25.3 Å². The Morgan fingerprint density at radius 2 is 1.56 bits per heavy atom. The SMILES string of the molecule is Nc1ncnc2c1ncn2[C@H]1C[C@@H](F)[C@@H](COP(O)(=S)O[C@H]2C[C@H](n3cnc4c(N)ncnc43)O[C@@H]2COP=O)O1. The van der Waals surface area contributed by atoms with Crippen molar-refractivity contribution in [1.82, 2.24) is 39.0 Å². The van der Waals surface area contributed by atoms with Gasteiger partial charge in [-0.3, -0.25) is 13.7 Å². The highest BCUT2D eigenvalue weighted by Gasteiger charge is 2.43. The molecule has 5 N–H and O–H groups in total. The van der Waals surface area contributed by atoms with Crippen LogP contribution in [0.15, 0.2) is 25.3 Å². The number of halogens is 1. The zero-order chi connectivity index (χ0) is 28.7. The number of anilines is 2. The highest BCUT2D eigenvalue weighted by Crippen LogP contribution is 2.50. The van der Waals surface area contributed by atoms with Crippen LogP contribution in [-0.4, -0.2) is 81.6 Å². The summed E-state index contributed by atoms with van der Waals surface area (Å²) in [4.78, 5) is 35.4. The van der Waals surface area contributed by atoms with Crippen molar-refractivity contribution in [3.8, 4) is 0 Å². The van der Waals surface area contributed by atoms with E-state index < -0.39 is 52.3 Å². The monoisotopic (exact) mass is 628 g/mol. The van der Waals surface area contributed by atoms with Crippen molar-refractivity contribution in [1.29, 1.82) is 0 Å². The van der Waals surface area contributed by atoms with E-state index in [2.05, 4.69) is 29.9 Å². The Labute approximate surface area is 236 Å². The number of hydrogen-bond acceptors (Lipinski definition) is 15. The normalized spacial score (nSPS) is 28.1. The predicted molar refractivity (Wildman–Crippen MR) is 142 cm³/mol. The third-order valence-electron chi connectivity index (χ3n) is 6.70. The maximum Gasteiger partial charge on any atom is 0.327 e. The summed E-state index contributed by atoms with van der Waals surface area (Å²) in [5.74, 6) is 0.391. The number of nitrogens with zero attached hydrogens (tertiary/aromatic N) is 8. The second-order valence-electron chi connectivity index (χ2n) is 9.19. The second kappa shape index (κ2) is 11.4. The quantitative estimate of drug-likeness (QED) is 0.212. The lowest BCUT2D eigenvalue weighted by atomic mass is 10.2. The smallest absolute Gasteiger partial charge is 0.327 e. The molecule has 21 heteroatoms. The van der Waals surface area contributed by atoms with E-state index in [9.17, 15) is 13.8 Å². The van der Waals surface area contributed by atoms with Crippen LogP contribution in [0.1, 0.15) is 25.3 Å². The minimum atomic E-state index is -3.93. The number of nitrogens with two attached hydrogens (primary N) is 2. The molecule has 0 saturated carbocycles. The first kappa shape index (κ1) is 28.3. The van der Waals surface area contributed by atoms with E-state index in [1.807, 2.05) is 0 Å². The summed E-state index contributed by atoms with van der Waals surface area (Å²) in [7, 11) is -0.567. The average molecular weight is 628 g/mol. The third-order valence-corrected chi connectivity index (χ3v) is 8.54. The fourth-order valence-electron chi connectivity index (χ4n) is 4.78. The fraction of sp³-hybridized carbons (Fsp3) is 0.500. The first-order chi connectivity index (χ1) is 19.7. The van der Waals surface area contributed by atoms with Crippen molar-refractivity contribution >= 4 is 61.2 Å². The van der Waals surface area contributed by atoms with Gasteiger partial charge in [0.25, 0.3) is 0 Å². The van der Waals surface area contributed by atoms with Crippen LogP contribution < -0.4 is 11.5 Å². The van der Waals surface area contributed by atoms with E-state index in [-0.39, 0.29) is 37.7 Å². The van der Waals surface area contributed by atoms with Gasteiger partial charge in [0.2, 0.25) is 0 Å². The van der Waals surface area contributed by atoms with Crippen LogP contribution in [0, 0.1) is 0 Å². The molecule has 0 aliphatic carbocycles. The van der Waals surface area contributed by atoms with E-state index in [0.717, 1.165) is 0 Å². The topological polar surface area (TPSA) is 223 Å². The summed E-state index contributed by atoms with van der Waals surface area (Å²) in [6.07, 6.45) is 0.137. The Balaban J connectivity index is 1.11. The van der Waals surface area contributed by atoms with Crippen LogP contribution in [0.3, 0.4) is 0 Å². The van der Waals surface area contributed by atoms with Crippen LogP contribution >= 0.6 is 15.4 Å². The molecule has 0 bridgehead atoms. The number of imidazole rings is 2. The van der Waals surface area contributed by atoms with Gasteiger partial charge in [-0.15, -0.1) is 0 Å². The van der Waals surface area contributed by atoms with Gasteiger partial charge in [0, 0.05) is 12.8 Å². The molecule has 17 nitrogen and oxygen atoms in total. The number of fused-ring (bicyclic) bond motifs is 2. The van der Waals surface area contributed by atoms with Crippen LogP contribution in [0.2, 0.25) is 0 Å². The van der Waals surface area contributed by atoms with Crippen molar-refractivity contribution in [2.75, 3.05) is 24.7 Å². The lowest BCUT2D eigenvalue weighted by Gasteiger charge is -2.24. The summed E-state index contributed by atoms with van der Waals surface area (Å²) >= 11 is 5.22. The Bertz CT molecular complexity index is 1630. The van der Waals surface area contributed by atoms with E-state index in [1.165, 1.54) is 25.3 Å². The molecule has 41 heavy (non-hydrogen) atoms. The first-order valence-corrected chi connectivity index (χ1v) is 15.5. The number of aromatic nitrogens is 8. The summed E-state index contributed by atoms with van der Waals surface area (Å²) in [6, 6.07) is 0. The maximum absolute atomic E-state index is 14.9. The maximum atomic E-state index is 14.9. The van der Waals surface area contributed by atoms with E-state index in [4.69, 9.17) is 46.3 Å². The number of hydrogen-bond donors (Lipinski definition) is 3. The van der Waals surface area contributed by atoms with Gasteiger partial charge in [-0.1, -0.05) is 0 Å². The van der Waals surface area contributed by atoms with Gasteiger partial charge in [0.05, 0.1) is 32.0 Å². The van der Waals surface area contributed by atoms with Crippen LogP contribution in [0.25, 0.3) is 22.3 Å². The molecule has 0 radical (unpaired) electrons. The van der Waals surface area contributed by atoms with Gasteiger partial charge in [0.15, 0.2) is 22.9 Å². The van der Waals surface area contributed by atoms with Gasteiger partial charge >= 0.3 is 15.4 Å². The molecule has 4 aromatic heterocycles. The van der Waals surface area contributed by atoms with Crippen LogP contribution in [0.5, 0.6) is 0 Å². The zero-order valence-corrected chi connectivity index (χ0v) is 23.5. The number of ether oxygens (including phenoxy) is 2. The van der Waals surface area contributed by atoms with Crippen molar-refractivity contribution in [2.45, 2.75) is 49.8 Å². The molecule has 7 atom stereocenters. The first-order valence-electron chi connectivity index (χ1n) is 12.2. The zero-order valence-electron chi connectivity index (χ0n) is 20.9. The number of alkyl halides is 1. The molecule has 2 aliphatic heterocycles. The third kappa shape index (κ3) is 5.64. The Morgan fingerprint density at radius 1 is 0.976 bits per heavy atom. The van der Waals surface area contributed by atoms with Gasteiger partial charge in [-0.25, -0.2) is 38.9 Å². The molecular formula is C20H23FN10O7P2S. The second-order valence-corrected chi connectivity index (χ2v) is 12.4. The summed E-state index contributed by atoms with van der Waals surface area (Å²) in [6.45, 7) is -4.45. The molecule has 0 spiro atoms. The van der Waals surface area contributed by atoms with Crippen molar-refractivity contribution < 1.29 is 36.9 Å². The van der Waals surface area contributed by atoms with Gasteiger partial charge in [0.1, 0.15) is 54.5 Å². The Kier molecular flexibility index (Phi) is 7.88. The standard InChI is InChI=1S/C20H23FN10O7P2S/c21-9-1-13(30-7-28-15-17(22)24-5-26-19(15)30)36-11(9)4-35-40(33,41)38-10-2-14(37-12(10)3-34-39-32)31-8-29-16-18(23)25-6-27-20(16)31/h5-14H,1-4H2,(H,33,41)(H2,22,24,26)(H2,23,25,27)/t9-,10+,11-,12-,13-,14-,40?/m1/s1. The minimum Gasteiger partial charge on any atom is -0.382 e. The predicted octanol–water partition coefficient (Wildman–Crippen LogP) is 1.59. The van der Waals surface area contributed by atoms with Gasteiger partial charge < -0.3 is 34.9 Å². The molecule has 2 fully saturated rings. The van der Waals surface area contributed by atoms with Crippen molar-refractivity contribution in [3.63, 3.8) is 0 Å². The molecule has 0 aromatic carbocycles. The molecule has 2 aliphatic rings. The van der Waals surface area contributed by atoms with Gasteiger partial charge in [-0.2, -0.15) is 0 Å². The molecular weight excluding hydrogens is 605 g/mol. The Morgan fingerprint density at radius 3 is 2.17 bits per heavy atom. The fourth-order valence-corrected chi connectivity index (χ4v) is 6.46. The summed E-state index contributed by atoms with van der Waals surface area (Å²) < 4.78 is 57.1. The molecule has 6 heterocycles. The van der Waals surface area contributed by atoms with E-state index in [0.29, 0.717) is 22.3 Å². The average Bonchev–Trinajstić information content (AvgIpc) is 3.72. The van der Waals surface area contributed by atoms with Gasteiger partial charge in [-0.05, 0) is 11.8 Å². The summed E-state index contributed by atoms with van der Waals surface area (Å²) in [5, 5.41) is 0.